The van der Waals surface area contributed by atoms with Crippen LogP contribution in [0.15, 0.2) is 64.6 Å². The van der Waals surface area contributed by atoms with Gasteiger partial charge in [-0.15, -0.1) is 0 Å². The maximum absolute atomic E-state index is 13.1. The number of rotatable bonds is 11. The minimum Gasteiger partial charge on any atom is -0.444 e. The highest BCUT2D eigenvalue weighted by Crippen LogP contribution is 2.15. The number of hydrogen-bond acceptors (Lipinski definition) is 6. The predicted octanol–water partition coefficient (Wildman–Crippen LogP) is 4.05. The van der Waals surface area contributed by atoms with Crippen molar-refractivity contribution >= 4 is 35.6 Å². The molecular formula is C27H37N5O4S. The minimum atomic E-state index is -1.33. The van der Waals surface area contributed by atoms with Crippen LogP contribution in [0.5, 0.6) is 0 Å². The number of nitrogens with one attached hydrogen (secondary N) is 4. The van der Waals surface area contributed by atoms with Crippen LogP contribution in [0.25, 0.3) is 0 Å². The Morgan fingerprint density at radius 1 is 1.11 bits per heavy atom. The third-order valence-corrected chi connectivity index (χ3v) is 5.85. The van der Waals surface area contributed by atoms with Crippen molar-refractivity contribution in [2.24, 2.45) is 4.99 Å². The SMILES string of the molecule is C=C(NC=NC(C)c1ccccc1)NC(=O)C(Cc1ccsc1)NC(=O)C(C)(C)NC(=O)OC(C)(C)C. The zero-order valence-corrected chi connectivity index (χ0v) is 23.1. The van der Waals surface area contributed by atoms with Crippen LogP contribution in [0.3, 0.4) is 0 Å². The number of thiophene rings is 1. The summed E-state index contributed by atoms with van der Waals surface area (Å²) in [5.74, 6) is -0.787. The van der Waals surface area contributed by atoms with Crippen molar-refractivity contribution in [2.75, 3.05) is 0 Å². The van der Waals surface area contributed by atoms with E-state index in [0.29, 0.717) is 0 Å². The maximum Gasteiger partial charge on any atom is 0.408 e. The van der Waals surface area contributed by atoms with Crippen LogP contribution in [0.4, 0.5) is 4.79 Å². The van der Waals surface area contributed by atoms with Crippen LogP contribution in [0.2, 0.25) is 0 Å². The lowest BCUT2D eigenvalue weighted by Gasteiger charge is -2.29. The van der Waals surface area contributed by atoms with Crippen molar-refractivity contribution in [1.82, 2.24) is 21.3 Å². The summed E-state index contributed by atoms with van der Waals surface area (Å²) < 4.78 is 5.26. The number of nitrogens with zero attached hydrogens (tertiary/aromatic N) is 1. The van der Waals surface area contributed by atoms with E-state index in [9.17, 15) is 14.4 Å². The Kier molecular flexibility index (Phi) is 10.4. The summed E-state index contributed by atoms with van der Waals surface area (Å²) in [4.78, 5) is 42.8. The molecule has 1 aromatic carbocycles. The molecule has 4 N–H and O–H groups in total. The van der Waals surface area contributed by atoms with Crippen molar-refractivity contribution in [1.29, 1.82) is 0 Å². The average Bonchev–Trinajstić information content (AvgIpc) is 3.30. The van der Waals surface area contributed by atoms with Crippen LogP contribution in [-0.4, -0.2) is 41.4 Å². The van der Waals surface area contributed by atoms with Gasteiger partial charge in [-0.1, -0.05) is 36.9 Å². The second-order valence-corrected chi connectivity index (χ2v) is 10.9. The number of carbonyl (C=O) groups excluding carboxylic acids is 3. The number of amides is 3. The fourth-order valence-electron chi connectivity index (χ4n) is 3.12. The van der Waals surface area contributed by atoms with Crippen molar-refractivity contribution < 1.29 is 19.1 Å². The zero-order valence-electron chi connectivity index (χ0n) is 22.3. The van der Waals surface area contributed by atoms with Crippen molar-refractivity contribution in [3.8, 4) is 0 Å². The van der Waals surface area contributed by atoms with Gasteiger partial charge in [0.15, 0.2) is 0 Å². The molecule has 2 unspecified atom stereocenters. The molecule has 0 radical (unpaired) electrons. The fraction of sp³-hybridized carbons (Fsp3) is 0.407. The lowest BCUT2D eigenvalue weighted by atomic mass is 10.0. The number of benzene rings is 1. The van der Waals surface area contributed by atoms with Crippen molar-refractivity contribution in [3.05, 3.63) is 70.7 Å². The Morgan fingerprint density at radius 3 is 2.38 bits per heavy atom. The Labute approximate surface area is 222 Å². The normalized spacial score (nSPS) is 13.4. The first-order chi connectivity index (χ1) is 17.3. The quantitative estimate of drug-likeness (QED) is 0.260. The monoisotopic (exact) mass is 527 g/mol. The number of hydrogen-bond donors (Lipinski definition) is 4. The van der Waals surface area contributed by atoms with Gasteiger partial charge in [-0.25, -0.2) is 4.79 Å². The second-order valence-electron chi connectivity index (χ2n) is 10.1. The van der Waals surface area contributed by atoms with Gasteiger partial charge in [-0.05, 0) is 69.5 Å². The van der Waals surface area contributed by atoms with Gasteiger partial charge in [-0.2, -0.15) is 11.3 Å². The van der Waals surface area contributed by atoms with Crippen molar-refractivity contribution in [2.45, 2.75) is 71.2 Å². The summed E-state index contributed by atoms with van der Waals surface area (Å²) in [5, 5.41) is 14.6. The number of alkyl carbamates (subject to hydrolysis) is 1. The molecule has 2 atom stereocenters. The van der Waals surface area contributed by atoms with E-state index in [1.54, 1.807) is 20.8 Å². The molecule has 2 rings (SSSR count). The second kappa shape index (κ2) is 13.0. The first-order valence-electron chi connectivity index (χ1n) is 11.9. The van der Waals surface area contributed by atoms with Gasteiger partial charge >= 0.3 is 6.09 Å². The van der Waals surface area contributed by atoms with Gasteiger partial charge in [0.2, 0.25) is 11.8 Å². The first kappa shape index (κ1) is 29.6. The Bertz CT molecular complexity index is 1090. The molecule has 3 amide bonds. The molecule has 0 saturated carbocycles. The summed E-state index contributed by atoms with van der Waals surface area (Å²) in [5.41, 5.74) is -0.102. The largest absolute Gasteiger partial charge is 0.444 e. The van der Waals surface area contributed by atoms with E-state index < -0.39 is 35.1 Å². The molecule has 200 valence electrons. The maximum atomic E-state index is 13.1. The minimum absolute atomic E-state index is 0.0810. The summed E-state index contributed by atoms with van der Waals surface area (Å²) in [6.45, 7) is 14.0. The Hall–Kier alpha value is -3.66. The summed E-state index contributed by atoms with van der Waals surface area (Å²) in [6.07, 6.45) is 1.00. The fourth-order valence-corrected chi connectivity index (χ4v) is 3.81. The number of carbonyl (C=O) groups is 3. The third-order valence-electron chi connectivity index (χ3n) is 5.12. The molecule has 1 aromatic heterocycles. The van der Waals surface area contributed by atoms with Gasteiger partial charge in [0.05, 0.1) is 12.4 Å². The molecule has 2 aromatic rings. The Morgan fingerprint density at radius 2 is 1.78 bits per heavy atom. The molecule has 0 bridgehead atoms. The molecule has 10 heteroatoms. The van der Waals surface area contributed by atoms with Crippen LogP contribution in [0.1, 0.15) is 58.7 Å². The van der Waals surface area contributed by atoms with E-state index in [-0.39, 0.29) is 18.3 Å². The smallest absolute Gasteiger partial charge is 0.408 e. The lowest BCUT2D eigenvalue weighted by Crippen LogP contribution is -2.60. The van der Waals surface area contributed by atoms with E-state index in [2.05, 4.69) is 32.8 Å². The highest BCUT2D eigenvalue weighted by atomic mass is 32.1. The molecule has 0 aliphatic heterocycles. The highest BCUT2D eigenvalue weighted by Gasteiger charge is 2.34. The van der Waals surface area contributed by atoms with E-state index >= 15 is 0 Å². The van der Waals surface area contributed by atoms with Gasteiger partial charge < -0.3 is 26.0 Å². The lowest BCUT2D eigenvalue weighted by molar-refractivity contribution is -0.131. The highest BCUT2D eigenvalue weighted by molar-refractivity contribution is 7.07. The molecule has 0 saturated heterocycles. The molecule has 9 nitrogen and oxygen atoms in total. The van der Waals surface area contributed by atoms with Gasteiger partial charge in [0, 0.05) is 6.42 Å². The van der Waals surface area contributed by atoms with Crippen LogP contribution >= 0.6 is 11.3 Å². The molecule has 0 fully saturated rings. The predicted molar refractivity (Wildman–Crippen MR) is 147 cm³/mol. The number of ether oxygens (including phenoxy) is 1. The molecule has 1 heterocycles. The molecular weight excluding hydrogens is 490 g/mol. The summed E-state index contributed by atoms with van der Waals surface area (Å²) in [6, 6.07) is 10.7. The van der Waals surface area contributed by atoms with E-state index in [4.69, 9.17) is 4.74 Å². The molecule has 0 aliphatic carbocycles. The summed E-state index contributed by atoms with van der Waals surface area (Å²) >= 11 is 1.49. The standard InChI is InChI=1S/C27H37N5O4S/c1-18(21-11-9-8-10-12-21)28-17-29-19(2)30-23(33)22(15-20-13-14-37-16-20)31-24(34)27(6,7)32-25(35)36-26(3,4)5/h8-14,16-18,22H,2,15H2,1,3-7H3,(H,28,29)(H,30,33)(H,31,34)(H,32,35). The summed E-state index contributed by atoms with van der Waals surface area (Å²) in [7, 11) is 0. The van der Waals surface area contributed by atoms with Crippen LogP contribution in [-0.2, 0) is 20.7 Å². The van der Waals surface area contributed by atoms with Crippen LogP contribution < -0.4 is 21.3 Å². The van der Waals surface area contributed by atoms with Gasteiger partial charge in [-0.3, -0.25) is 14.6 Å². The van der Waals surface area contributed by atoms with Gasteiger partial charge in [0.25, 0.3) is 0 Å². The number of aliphatic imine (C=N–C) groups is 1. The van der Waals surface area contributed by atoms with Crippen molar-refractivity contribution in [3.63, 3.8) is 0 Å². The van der Waals surface area contributed by atoms with Gasteiger partial charge in [0.1, 0.15) is 23.0 Å². The third kappa shape index (κ3) is 10.5. The van der Waals surface area contributed by atoms with Crippen LogP contribution in [0, 0.1) is 0 Å². The zero-order chi connectivity index (χ0) is 27.6. The Balaban J connectivity index is 2.02. The first-order valence-corrected chi connectivity index (χ1v) is 12.9. The molecule has 0 aliphatic rings. The molecule has 37 heavy (non-hydrogen) atoms. The van der Waals surface area contributed by atoms with E-state index in [1.807, 2.05) is 54.1 Å². The van der Waals surface area contributed by atoms with E-state index in [1.165, 1.54) is 31.5 Å². The molecule has 0 spiro atoms. The average molecular weight is 528 g/mol. The van der Waals surface area contributed by atoms with E-state index in [0.717, 1.165) is 11.1 Å². The topological polar surface area (TPSA) is 121 Å².